The van der Waals surface area contributed by atoms with Gasteiger partial charge in [0.05, 0.1) is 6.10 Å². The minimum atomic E-state index is -5.10. The summed E-state index contributed by atoms with van der Waals surface area (Å²) < 4.78 is 31.7. The van der Waals surface area contributed by atoms with Crippen LogP contribution < -0.4 is 0 Å². The molecule has 0 amide bonds. The second kappa shape index (κ2) is 9.45. The fourth-order valence-corrected chi connectivity index (χ4v) is 5.36. The van der Waals surface area contributed by atoms with Crippen LogP contribution in [0.5, 0.6) is 0 Å². The number of hydrogen-bond donors (Lipinski definition) is 3. The molecule has 0 bridgehead atoms. The zero-order chi connectivity index (χ0) is 20.1. The van der Waals surface area contributed by atoms with Gasteiger partial charge in [-0.25, -0.2) is 9.13 Å². The van der Waals surface area contributed by atoms with Gasteiger partial charge in [-0.15, -0.1) is 0 Å². The van der Waals surface area contributed by atoms with Gasteiger partial charge in [0, 0.05) is 0 Å². The average molecular weight is 402 g/mol. The van der Waals surface area contributed by atoms with E-state index >= 15 is 0 Å². The van der Waals surface area contributed by atoms with Gasteiger partial charge in [-0.1, -0.05) is 61.3 Å². The summed E-state index contributed by atoms with van der Waals surface area (Å²) in [6.45, 7) is 15.0. The highest BCUT2D eigenvalue weighted by Crippen LogP contribution is 2.58. The van der Waals surface area contributed by atoms with Gasteiger partial charge in [0.2, 0.25) is 0 Å². The zero-order valence-electron chi connectivity index (χ0n) is 16.6. The Morgan fingerprint density at radius 3 is 1.72 bits per heavy atom. The Morgan fingerprint density at radius 1 is 0.880 bits per heavy atom. The van der Waals surface area contributed by atoms with Crippen molar-refractivity contribution in [3.05, 3.63) is 0 Å². The van der Waals surface area contributed by atoms with Crippen LogP contribution in [0.15, 0.2) is 0 Å². The summed E-state index contributed by atoms with van der Waals surface area (Å²) >= 11 is 0. The third-order valence-corrected chi connectivity index (χ3v) is 6.48. The molecule has 9 heteroatoms. The van der Waals surface area contributed by atoms with E-state index in [1.807, 2.05) is 6.92 Å². The van der Waals surface area contributed by atoms with Gasteiger partial charge in [0.25, 0.3) is 0 Å². The van der Waals surface area contributed by atoms with Crippen LogP contribution >= 0.6 is 15.6 Å². The maximum absolute atomic E-state index is 11.9. The van der Waals surface area contributed by atoms with Crippen LogP contribution in [-0.2, 0) is 18.0 Å². The lowest BCUT2D eigenvalue weighted by Gasteiger charge is -2.41. The first kappa shape index (κ1) is 25.3. The van der Waals surface area contributed by atoms with E-state index in [1.54, 1.807) is 0 Å². The number of rotatable bonds is 10. The van der Waals surface area contributed by atoms with Crippen LogP contribution in [0, 0.1) is 16.7 Å². The third-order valence-electron chi connectivity index (χ3n) is 4.24. The lowest BCUT2D eigenvalue weighted by molar-refractivity contribution is 0.0618. The highest BCUT2D eigenvalue weighted by molar-refractivity contribution is 7.60. The molecule has 3 N–H and O–H groups in total. The van der Waals surface area contributed by atoms with Crippen LogP contribution in [0.1, 0.15) is 80.6 Å². The lowest BCUT2D eigenvalue weighted by atomic mass is 9.64. The van der Waals surface area contributed by atoms with Crippen LogP contribution in [0.25, 0.3) is 0 Å². The van der Waals surface area contributed by atoms with Crippen molar-refractivity contribution >= 4 is 15.6 Å². The largest absolute Gasteiger partial charge is 0.481 e. The first-order valence-corrected chi connectivity index (χ1v) is 11.8. The molecule has 0 spiro atoms. The van der Waals surface area contributed by atoms with Crippen LogP contribution in [-0.4, -0.2) is 20.8 Å². The molecule has 0 fully saturated rings. The van der Waals surface area contributed by atoms with E-state index in [9.17, 15) is 14.0 Å². The number of hydrogen-bond acceptors (Lipinski definition) is 4. The summed E-state index contributed by atoms with van der Waals surface area (Å²) in [7, 11) is -9.91. The quantitative estimate of drug-likeness (QED) is 0.427. The fourth-order valence-electron chi connectivity index (χ4n) is 3.54. The molecule has 0 radical (unpaired) electrons. The van der Waals surface area contributed by atoms with E-state index in [1.165, 1.54) is 0 Å². The summed E-state index contributed by atoms with van der Waals surface area (Å²) in [5, 5.41) is 0. The second-order valence-electron chi connectivity index (χ2n) is 8.77. The molecule has 0 aromatic rings. The van der Waals surface area contributed by atoms with Crippen molar-refractivity contribution in [1.29, 1.82) is 0 Å². The van der Waals surface area contributed by atoms with Gasteiger partial charge >= 0.3 is 15.6 Å². The molecular formula is C16H36O7P2. The molecule has 0 saturated heterocycles. The minimum Gasteiger partial charge on any atom is -0.302 e. The first-order valence-electron chi connectivity index (χ1n) is 8.76. The average Bonchev–Trinajstić information content (AvgIpc) is 2.28. The minimum absolute atomic E-state index is 0.0544. The molecular weight excluding hydrogens is 366 g/mol. The Labute approximate surface area is 152 Å². The van der Waals surface area contributed by atoms with Gasteiger partial charge in [-0.2, -0.15) is 4.31 Å². The Kier molecular flexibility index (Phi) is 9.55. The third kappa shape index (κ3) is 11.6. The molecule has 25 heavy (non-hydrogen) atoms. The molecule has 0 aliphatic rings. The molecule has 0 aromatic carbocycles. The molecule has 0 heterocycles. The standard InChI is InChI=1S/C16H36O7P2/c1-8-9-10-13(22-25(20,21)23-24(17,18)19)11-12-14(15(2,3)4)16(5,6)7/h13-14H,8-12H2,1-7H3,(H,20,21)(H2,17,18,19). The van der Waals surface area contributed by atoms with Crippen LogP contribution in [0.4, 0.5) is 0 Å². The normalized spacial score (nSPS) is 17.6. The number of phosphoric ester groups is 1. The Morgan fingerprint density at radius 2 is 1.36 bits per heavy atom. The first-order chi connectivity index (χ1) is 11.0. The Bertz CT molecular complexity index is 474. The Balaban J connectivity index is 5.10. The highest BCUT2D eigenvalue weighted by Gasteiger charge is 2.37. The maximum atomic E-state index is 11.9. The molecule has 7 nitrogen and oxygen atoms in total. The fraction of sp³-hybridized carbons (Fsp3) is 1.00. The molecule has 0 aromatic heterocycles. The van der Waals surface area contributed by atoms with Crippen molar-refractivity contribution in [1.82, 2.24) is 0 Å². The van der Waals surface area contributed by atoms with Crippen molar-refractivity contribution in [3.8, 4) is 0 Å². The van der Waals surface area contributed by atoms with Crippen molar-refractivity contribution in [3.63, 3.8) is 0 Å². The molecule has 0 aliphatic heterocycles. The number of unbranched alkanes of at least 4 members (excludes halogenated alkanes) is 1. The summed E-state index contributed by atoms with van der Waals surface area (Å²) in [6, 6.07) is 0. The van der Waals surface area contributed by atoms with Crippen molar-refractivity contribution in [2.45, 2.75) is 86.7 Å². The van der Waals surface area contributed by atoms with Gasteiger partial charge in [-0.3, -0.25) is 4.52 Å². The molecule has 0 rings (SSSR count). The highest BCUT2D eigenvalue weighted by atomic mass is 31.3. The van der Waals surface area contributed by atoms with Crippen molar-refractivity contribution in [2.24, 2.45) is 16.7 Å². The molecule has 2 atom stereocenters. The summed E-state index contributed by atoms with van der Waals surface area (Å²) in [5.41, 5.74) is 0.109. The monoisotopic (exact) mass is 402 g/mol. The summed E-state index contributed by atoms with van der Waals surface area (Å²) in [6.07, 6.45) is 2.92. The smallest absolute Gasteiger partial charge is 0.302 e. The van der Waals surface area contributed by atoms with E-state index in [0.29, 0.717) is 18.8 Å². The van der Waals surface area contributed by atoms with Gasteiger partial charge in [0.15, 0.2) is 0 Å². The predicted octanol–water partition coefficient (Wildman–Crippen LogP) is 5.26. The number of phosphoric acid groups is 2. The summed E-state index contributed by atoms with van der Waals surface area (Å²) in [5.74, 6) is 0.341. The molecule has 0 aliphatic carbocycles. The zero-order valence-corrected chi connectivity index (χ0v) is 18.3. The van der Waals surface area contributed by atoms with Crippen molar-refractivity contribution < 1.29 is 32.6 Å². The van der Waals surface area contributed by atoms with Gasteiger partial charge < -0.3 is 14.7 Å². The SMILES string of the molecule is CCCCC(CCC(C(C)(C)C)C(C)(C)C)OP(=O)(O)OP(=O)(O)O. The van der Waals surface area contributed by atoms with E-state index in [4.69, 9.17) is 14.3 Å². The lowest BCUT2D eigenvalue weighted by Crippen LogP contribution is -2.33. The van der Waals surface area contributed by atoms with Crippen LogP contribution in [0.3, 0.4) is 0 Å². The molecule has 2 unspecified atom stereocenters. The molecule has 0 saturated carbocycles. The second-order valence-corrected chi connectivity index (χ2v) is 11.6. The van der Waals surface area contributed by atoms with Crippen molar-refractivity contribution in [2.75, 3.05) is 0 Å². The van der Waals surface area contributed by atoms with Gasteiger partial charge in [0.1, 0.15) is 0 Å². The van der Waals surface area contributed by atoms with Crippen LogP contribution in [0.2, 0.25) is 0 Å². The maximum Gasteiger partial charge on any atom is 0.481 e. The topological polar surface area (TPSA) is 113 Å². The van der Waals surface area contributed by atoms with Gasteiger partial charge in [-0.05, 0) is 36.0 Å². The summed E-state index contributed by atoms with van der Waals surface area (Å²) in [4.78, 5) is 27.1. The van der Waals surface area contributed by atoms with E-state index < -0.39 is 21.7 Å². The van der Waals surface area contributed by atoms with E-state index in [-0.39, 0.29) is 10.8 Å². The predicted molar refractivity (Wildman–Crippen MR) is 99.0 cm³/mol. The van der Waals surface area contributed by atoms with E-state index in [2.05, 4.69) is 45.9 Å². The Hall–Kier alpha value is 0.260. The van der Waals surface area contributed by atoms with E-state index in [0.717, 1.165) is 19.3 Å². The molecule has 152 valence electrons.